The van der Waals surface area contributed by atoms with Gasteiger partial charge in [0.2, 0.25) is 0 Å². The summed E-state index contributed by atoms with van der Waals surface area (Å²) in [4.78, 5) is 0. The third-order valence-electron chi connectivity index (χ3n) is 5.10. The van der Waals surface area contributed by atoms with Gasteiger partial charge in [-0.25, -0.2) is 0 Å². The summed E-state index contributed by atoms with van der Waals surface area (Å²) in [6.45, 7) is 20.9. The van der Waals surface area contributed by atoms with E-state index >= 15 is 0 Å². The smallest absolute Gasteiger partial charge is 0.0155 e. The third kappa shape index (κ3) is 4.26. The first-order valence-electron chi connectivity index (χ1n) is 7.75. The minimum Gasteiger partial charge on any atom is -0.315 e. The highest BCUT2D eigenvalue weighted by molar-refractivity contribution is 4.99. The minimum absolute atomic E-state index is 0.276. The van der Waals surface area contributed by atoms with Crippen LogP contribution in [-0.2, 0) is 0 Å². The fourth-order valence-electron chi connectivity index (χ4n) is 3.57. The fraction of sp³-hybridized carbons (Fsp3) is 1.00. The molecule has 0 heterocycles. The van der Waals surface area contributed by atoms with Gasteiger partial charge < -0.3 is 5.32 Å². The zero-order chi connectivity index (χ0) is 14.7. The summed E-state index contributed by atoms with van der Waals surface area (Å²) in [6.07, 6.45) is 0. The van der Waals surface area contributed by atoms with E-state index in [0.717, 1.165) is 35.5 Å². The maximum Gasteiger partial charge on any atom is 0.0155 e. The second kappa shape index (κ2) is 6.93. The minimum atomic E-state index is 0.276. The van der Waals surface area contributed by atoms with Gasteiger partial charge in [-0.15, -0.1) is 0 Å². The molecule has 110 valence electrons. The predicted molar refractivity (Wildman–Crippen MR) is 83.8 cm³/mol. The lowest BCUT2D eigenvalue weighted by Crippen LogP contribution is -2.47. The lowest BCUT2D eigenvalue weighted by Gasteiger charge is -2.38. The van der Waals surface area contributed by atoms with Crippen molar-refractivity contribution < 1.29 is 0 Å². The number of nitrogens with one attached hydrogen (secondary N) is 1. The van der Waals surface area contributed by atoms with E-state index in [-0.39, 0.29) is 5.54 Å². The van der Waals surface area contributed by atoms with Gasteiger partial charge in [-0.05, 0) is 56.4 Å². The molecule has 1 fully saturated rings. The molecule has 1 aliphatic carbocycles. The van der Waals surface area contributed by atoms with Crippen LogP contribution >= 0.6 is 0 Å². The maximum atomic E-state index is 3.49. The van der Waals surface area contributed by atoms with E-state index in [4.69, 9.17) is 0 Å². The first-order chi connectivity index (χ1) is 8.06. The molecule has 1 heteroatoms. The van der Waals surface area contributed by atoms with Gasteiger partial charge in [-0.1, -0.05) is 48.5 Å². The zero-order valence-electron chi connectivity index (χ0n) is 14.5. The summed E-state index contributed by atoms with van der Waals surface area (Å²) in [5.41, 5.74) is 0.276. The molecule has 18 heavy (non-hydrogen) atoms. The Morgan fingerprint density at radius 3 is 1.28 bits per heavy atom. The van der Waals surface area contributed by atoms with Gasteiger partial charge >= 0.3 is 0 Å². The molecule has 0 bridgehead atoms. The second-order valence-electron chi connectivity index (χ2n) is 7.67. The molecule has 0 amide bonds. The molecule has 1 saturated carbocycles. The monoisotopic (exact) mass is 255 g/mol. The molecule has 1 aliphatic rings. The quantitative estimate of drug-likeness (QED) is 0.746. The van der Waals surface area contributed by atoms with E-state index in [1.54, 1.807) is 0 Å². The van der Waals surface area contributed by atoms with Gasteiger partial charge in [0.25, 0.3) is 0 Å². The molecule has 1 nitrogen and oxygen atoms in total. The topological polar surface area (TPSA) is 12.0 Å². The molecule has 4 atom stereocenters. The standard InChI is InChI=1S/C13H27N.C4H10/c1-8-9(2)11(4)12(10(8)3)13(5,6)14-7;1-4(2)3/h8-12,14H,1-7H3;4H,1-3H3. The largest absolute Gasteiger partial charge is 0.315 e. The highest BCUT2D eigenvalue weighted by Gasteiger charge is 2.47. The fourth-order valence-corrected chi connectivity index (χ4v) is 3.57. The normalized spacial score (nSPS) is 36.5. The Bertz CT molecular complexity index is 215. The maximum absolute atomic E-state index is 3.49. The van der Waals surface area contributed by atoms with Gasteiger partial charge in [0.05, 0.1) is 0 Å². The van der Waals surface area contributed by atoms with Gasteiger partial charge in [0, 0.05) is 5.54 Å². The number of hydrogen-bond donors (Lipinski definition) is 1. The van der Waals surface area contributed by atoms with Crippen LogP contribution in [-0.4, -0.2) is 12.6 Å². The second-order valence-corrected chi connectivity index (χ2v) is 7.67. The summed E-state index contributed by atoms with van der Waals surface area (Å²) >= 11 is 0. The molecule has 0 aromatic heterocycles. The molecule has 1 N–H and O–H groups in total. The molecule has 0 aliphatic heterocycles. The lowest BCUT2D eigenvalue weighted by molar-refractivity contribution is 0.169. The van der Waals surface area contributed by atoms with Crippen LogP contribution in [0.4, 0.5) is 0 Å². The van der Waals surface area contributed by atoms with Crippen LogP contribution in [0.15, 0.2) is 0 Å². The summed E-state index contributed by atoms with van der Waals surface area (Å²) in [7, 11) is 2.09. The van der Waals surface area contributed by atoms with Crippen molar-refractivity contribution in [3.8, 4) is 0 Å². The Morgan fingerprint density at radius 2 is 1.06 bits per heavy atom. The van der Waals surface area contributed by atoms with Crippen LogP contribution in [0.2, 0.25) is 0 Å². The van der Waals surface area contributed by atoms with E-state index in [2.05, 4.69) is 74.7 Å². The van der Waals surface area contributed by atoms with Crippen molar-refractivity contribution >= 4 is 0 Å². The molecule has 0 spiro atoms. The van der Waals surface area contributed by atoms with Gasteiger partial charge in [-0.3, -0.25) is 0 Å². The average Bonchev–Trinajstić information content (AvgIpc) is 2.43. The predicted octanol–water partition coefficient (Wildman–Crippen LogP) is 4.82. The Kier molecular flexibility index (Phi) is 6.92. The van der Waals surface area contributed by atoms with E-state index in [9.17, 15) is 0 Å². The van der Waals surface area contributed by atoms with E-state index < -0.39 is 0 Å². The molecular formula is C17H37N. The summed E-state index contributed by atoms with van der Waals surface area (Å²) in [6, 6.07) is 0. The molecule has 4 unspecified atom stereocenters. The average molecular weight is 255 g/mol. The first kappa shape index (κ1) is 18.0. The van der Waals surface area contributed by atoms with Crippen LogP contribution < -0.4 is 5.32 Å². The molecule has 0 aromatic rings. The Balaban J connectivity index is 0.000000631. The van der Waals surface area contributed by atoms with Gasteiger partial charge in [0.1, 0.15) is 0 Å². The van der Waals surface area contributed by atoms with Crippen molar-refractivity contribution in [3.63, 3.8) is 0 Å². The Labute approximate surface area is 116 Å². The van der Waals surface area contributed by atoms with E-state index in [1.165, 1.54) is 0 Å². The number of rotatable bonds is 2. The van der Waals surface area contributed by atoms with E-state index in [1.807, 2.05) is 0 Å². The van der Waals surface area contributed by atoms with Crippen LogP contribution in [0.3, 0.4) is 0 Å². The van der Waals surface area contributed by atoms with Crippen molar-refractivity contribution in [3.05, 3.63) is 0 Å². The van der Waals surface area contributed by atoms with E-state index in [0.29, 0.717) is 0 Å². The van der Waals surface area contributed by atoms with Crippen molar-refractivity contribution in [2.75, 3.05) is 7.05 Å². The third-order valence-corrected chi connectivity index (χ3v) is 5.10. The SMILES string of the molecule is CC(C)C.CNC(C)(C)C1C(C)C(C)C(C)C1C. The molecule has 0 aromatic carbocycles. The van der Waals surface area contributed by atoms with Crippen molar-refractivity contribution in [2.24, 2.45) is 35.5 Å². The summed E-state index contributed by atoms with van der Waals surface area (Å²) in [5.74, 6) is 5.03. The van der Waals surface area contributed by atoms with Gasteiger partial charge in [-0.2, -0.15) is 0 Å². The van der Waals surface area contributed by atoms with Crippen LogP contribution in [0.5, 0.6) is 0 Å². The number of hydrogen-bond acceptors (Lipinski definition) is 1. The Morgan fingerprint density at radius 1 is 0.778 bits per heavy atom. The van der Waals surface area contributed by atoms with Crippen LogP contribution in [0.1, 0.15) is 62.3 Å². The summed E-state index contributed by atoms with van der Waals surface area (Å²) < 4.78 is 0. The molecular weight excluding hydrogens is 218 g/mol. The van der Waals surface area contributed by atoms with Crippen molar-refractivity contribution in [2.45, 2.75) is 67.9 Å². The van der Waals surface area contributed by atoms with Crippen molar-refractivity contribution in [1.29, 1.82) is 0 Å². The molecule has 0 radical (unpaired) electrons. The zero-order valence-corrected chi connectivity index (χ0v) is 14.5. The molecule has 0 saturated heterocycles. The van der Waals surface area contributed by atoms with Crippen molar-refractivity contribution in [1.82, 2.24) is 5.32 Å². The first-order valence-corrected chi connectivity index (χ1v) is 7.75. The van der Waals surface area contributed by atoms with Crippen LogP contribution in [0.25, 0.3) is 0 Å². The lowest BCUT2D eigenvalue weighted by atomic mass is 9.75. The Hall–Kier alpha value is -0.0400. The van der Waals surface area contributed by atoms with Gasteiger partial charge in [0.15, 0.2) is 0 Å². The molecule has 1 rings (SSSR count). The highest BCUT2D eigenvalue weighted by atomic mass is 14.9. The summed E-state index contributed by atoms with van der Waals surface area (Å²) in [5, 5.41) is 3.49. The highest BCUT2D eigenvalue weighted by Crippen LogP contribution is 2.49. The van der Waals surface area contributed by atoms with Crippen LogP contribution in [0, 0.1) is 35.5 Å².